The van der Waals surface area contributed by atoms with Gasteiger partial charge >= 0.3 is 0 Å². The second-order valence-electron chi connectivity index (χ2n) is 4.30. The van der Waals surface area contributed by atoms with Crippen molar-refractivity contribution in [3.05, 3.63) is 53.9 Å². The van der Waals surface area contributed by atoms with Crippen molar-refractivity contribution < 1.29 is 14.3 Å². The summed E-state index contributed by atoms with van der Waals surface area (Å²) < 4.78 is 10.4. The number of carbonyl (C=O) groups is 1. The van der Waals surface area contributed by atoms with Crippen molar-refractivity contribution in [2.75, 3.05) is 13.7 Å². The molecule has 1 amide bonds. The Morgan fingerprint density at radius 3 is 3.00 bits per heavy atom. The zero-order chi connectivity index (χ0) is 16.5. The lowest BCUT2D eigenvalue weighted by Crippen LogP contribution is -2.17. The van der Waals surface area contributed by atoms with Crippen LogP contribution in [0, 0.1) is 11.3 Å². The van der Waals surface area contributed by atoms with Gasteiger partial charge in [0, 0.05) is 12.4 Å². The highest BCUT2D eigenvalue weighted by molar-refractivity contribution is 5.94. The molecule has 1 N–H and O–H groups in total. The van der Waals surface area contributed by atoms with Crippen LogP contribution in [0.4, 0.5) is 0 Å². The number of rotatable bonds is 6. The molecule has 23 heavy (non-hydrogen) atoms. The zero-order valence-corrected chi connectivity index (χ0v) is 12.4. The monoisotopic (exact) mass is 310 g/mol. The van der Waals surface area contributed by atoms with Crippen molar-refractivity contribution in [1.29, 1.82) is 5.26 Å². The molecule has 2 aromatic rings. The van der Waals surface area contributed by atoms with Gasteiger partial charge in [-0.25, -0.2) is 5.43 Å². The van der Waals surface area contributed by atoms with Gasteiger partial charge in [-0.05, 0) is 35.9 Å². The molecule has 0 aliphatic carbocycles. The van der Waals surface area contributed by atoms with Crippen LogP contribution in [-0.4, -0.2) is 30.8 Å². The number of ether oxygens (including phenoxy) is 2. The summed E-state index contributed by atoms with van der Waals surface area (Å²) in [5, 5.41) is 12.4. The third-order valence-corrected chi connectivity index (χ3v) is 2.78. The van der Waals surface area contributed by atoms with E-state index in [-0.39, 0.29) is 12.5 Å². The molecule has 0 saturated carbocycles. The van der Waals surface area contributed by atoms with Crippen molar-refractivity contribution >= 4 is 12.1 Å². The molecule has 2 rings (SSSR count). The summed E-state index contributed by atoms with van der Waals surface area (Å²) in [5.41, 5.74) is 3.53. The predicted octanol–water partition coefficient (Wildman–Crippen LogP) is 1.76. The topological polar surface area (TPSA) is 96.6 Å². The van der Waals surface area contributed by atoms with Crippen molar-refractivity contribution in [1.82, 2.24) is 10.4 Å². The summed E-state index contributed by atoms with van der Waals surface area (Å²) in [5.74, 6) is 0.587. The van der Waals surface area contributed by atoms with Gasteiger partial charge in [-0.15, -0.1) is 0 Å². The quantitative estimate of drug-likeness (QED) is 0.647. The van der Waals surface area contributed by atoms with Crippen LogP contribution >= 0.6 is 0 Å². The zero-order valence-electron chi connectivity index (χ0n) is 12.4. The largest absolute Gasteiger partial charge is 0.493 e. The first-order valence-electron chi connectivity index (χ1n) is 6.66. The molecule has 0 atom stereocenters. The van der Waals surface area contributed by atoms with E-state index in [2.05, 4.69) is 15.5 Å². The highest BCUT2D eigenvalue weighted by atomic mass is 16.5. The minimum Gasteiger partial charge on any atom is -0.493 e. The molecule has 1 aromatic heterocycles. The maximum Gasteiger partial charge on any atom is 0.272 e. The Morgan fingerprint density at radius 2 is 2.30 bits per heavy atom. The molecular weight excluding hydrogens is 296 g/mol. The smallest absolute Gasteiger partial charge is 0.272 e. The van der Waals surface area contributed by atoms with E-state index in [0.29, 0.717) is 22.6 Å². The average molecular weight is 310 g/mol. The van der Waals surface area contributed by atoms with Gasteiger partial charge in [-0.1, -0.05) is 0 Å². The highest BCUT2D eigenvalue weighted by Crippen LogP contribution is 2.27. The number of amides is 1. The Hall–Kier alpha value is -3.40. The lowest BCUT2D eigenvalue weighted by Gasteiger charge is -2.08. The maximum atomic E-state index is 11.8. The third-order valence-electron chi connectivity index (χ3n) is 2.78. The van der Waals surface area contributed by atoms with Gasteiger partial charge in [-0.2, -0.15) is 10.4 Å². The number of nitrogens with zero attached hydrogens (tertiary/aromatic N) is 3. The first-order chi connectivity index (χ1) is 11.2. The SMILES string of the molecule is COc1cc(/C=N/NC(=O)c2cccnc2)ccc1OCC#N. The molecule has 0 saturated heterocycles. The van der Waals surface area contributed by atoms with Crippen molar-refractivity contribution in [3.63, 3.8) is 0 Å². The number of hydrazone groups is 1. The molecule has 0 spiro atoms. The van der Waals surface area contributed by atoms with Gasteiger partial charge in [0.2, 0.25) is 0 Å². The molecule has 0 radical (unpaired) electrons. The summed E-state index contributed by atoms with van der Waals surface area (Å²) >= 11 is 0. The van der Waals surface area contributed by atoms with Crippen LogP contribution in [0.2, 0.25) is 0 Å². The summed E-state index contributed by atoms with van der Waals surface area (Å²) in [7, 11) is 1.50. The number of hydrogen-bond donors (Lipinski definition) is 1. The van der Waals surface area contributed by atoms with E-state index < -0.39 is 0 Å². The van der Waals surface area contributed by atoms with Gasteiger partial charge in [0.1, 0.15) is 6.07 Å². The Kier molecular flexibility index (Phi) is 5.66. The van der Waals surface area contributed by atoms with Crippen LogP contribution in [0.3, 0.4) is 0 Å². The molecule has 7 heteroatoms. The molecule has 0 aliphatic rings. The molecule has 1 aromatic carbocycles. The lowest BCUT2D eigenvalue weighted by atomic mass is 10.2. The molecule has 1 heterocycles. The van der Waals surface area contributed by atoms with Crippen LogP contribution in [0.15, 0.2) is 47.8 Å². The maximum absolute atomic E-state index is 11.8. The molecule has 7 nitrogen and oxygen atoms in total. The average Bonchev–Trinajstić information content (AvgIpc) is 2.61. The fraction of sp³-hybridized carbons (Fsp3) is 0.125. The normalized spacial score (nSPS) is 10.1. The Labute approximate surface area is 133 Å². The van der Waals surface area contributed by atoms with Crippen LogP contribution in [0.25, 0.3) is 0 Å². The number of benzene rings is 1. The van der Waals surface area contributed by atoms with Crippen LogP contribution in [-0.2, 0) is 0 Å². The van der Waals surface area contributed by atoms with Gasteiger partial charge in [0.25, 0.3) is 5.91 Å². The van der Waals surface area contributed by atoms with Crippen LogP contribution < -0.4 is 14.9 Å². The number of pyridine rings is 1. The van der Waals surface area contributed by atoms with E-state index >= 15 is 0 Å². The molecule has 0 bridgehead atoms. The first-order valence-corrected chi connectivity index (χ1v) is 6.66. The molecular formula is C16H14N4O3. The van der Waals surface area contributed by atoms with E-state index in [1.165, 1.54) is 19.5 Å². The number of nitriles is 1. The van der Waals surface area contributed by atoms with Gasteiger partial charge in [0.15, 0.2) is 18.1 Å². The van der Waals surface area contributed by atoms with E-state index in [0.717, 1.165) is 0 Å². The minimum absolute atomic E-state index is 0.0645. The standard InChI is InChI=1S/C16H14N4O3/c1-22-15-9-12(4-5-14(15)23-8-6-17)10-19-20-16(21)13-3-2-7-18-11-13/h2-5,7,9-11H,8H2,1H3,(H,20,21)/b19-10+. The van der Waals surface area contributed by atoms with Crippen molar-refractivity contribution in [2.45, 2.75) is 0 Å². The second kappa shape index (κ2) is 8.14. The number of carbonyl (C=O) groups excluding carboxylic acids is 1. The minimum atomic E-state index is -0.352. The highest BCUT2D eigenvalue weighted by Gasteiger charge is 2.05. The van der Waals surface area contributed by atoms with Crippen LogP contribution in [0.1, 0.15) is 15.9 Å². The van der Waals surface area contributed by atoms with Crippen molar-refractivity contribution in [2.24, 2.45) is 5.10 Å². The number of aromatic nitrogens is 1. The summed E-state index contributed by atoms with van der Waals surface area (Å²) in [6.07, 6.45) is 4.52. The Bertz CT molecular complexity index is 739. The number of nitrogens with one attached hydrogen (secondary N) is 1. The van der Waals surface area contributed by atoms with Crippen molar-refractivity contribution in [3.8, 4) is 17.6 Å². The number of methoxy groups -OCH3 is 1. The molecule has 0 unspecified atom stereocenters. The Morgan fingerprint density at radius 1 is 1.43 bits per heavy atom. The van der Waals surface area contributed by atoms with E-state index in [4.69, 9.17) is 14.7 Å². The Balaban J connectivity index is 2.02. The van der Waals surface area contributed by atoms with E-state index in [1.54, 1.807) is 36.5 Å². The van der Waals surface area contributed by atoms with Gasteiger partial charge in [-0.3, -0.25) is 9.78 Å². The molecule has 0 fully saturated rings. The number of hydrogen-bond acceptors (Lipinski definition) is 6. The second-order valence-corrected chi connectivity index (χ2v) is 4.30. The van der Waals surface area contributed by atoms with E-state index in [1.807, 2.05) is 6.07 Å². The first kappa shape index (κ1) is 16.0. The summed E-state index contributed by atoms with van der Waals surface area (Å²) in [6, 6.07) is 10.3. The summed E-state index contributed by atoms with van der Waals surface area (Å²) in [4.78, 5) is 15.7. The van der Waals surface area contributed by atoms with E-state index in [9.17, 15) is 4.79 Å². The fourth-order valence-electron chi connectivity index (χ4n) is 1.72. The van der Waals surface area contributed by atoms with Gasteiger partial charge in [0.05, 0.1) is 18.9 Å². The van der Waals surface area contributed by atoms with Gasteiger partial charge < -0.3 is 9.47 Å². The summed E-state index contributed by atoms with van der Waals surface area (Å²) in [6.45, 7) is -0.0645. The molecule has 116 valence electrons. The lowest BCUT2D eigenvalue weighted by molar-refractivity contribution is 0.0955. The van der Waals surface area contributed by atoms with Crippen LogP contribution in [0.5, 0.6) is 11.5 Å². The predicted molar refractivity (Wildman–Crippen MR) is 83.4 cm³/mol. The molecule has 0 aliphatic heterocycles. The third kappa shape index (κ3) is 4.54. The fourth-order valence-corrected chi connectivity index (χ4v) is 1.72.